The zero-order valence-corrected chi connectivity index (χ0v) is 17.6. The Hall–Kier alpha value is -1.20. The first-order chi connectivity index (χ1) is 13.2. The Labute approximate surface area is 168 Å². The van der Waals surface area contributed by atoms with Gasteiger partial charge in [-0.3, -0.25) is 23.5 Å². The van der Waals surface area contributed by atoms with E-state index in [9.17, 15) is 19.0 Å². The van der Waals surface area contributed by atoms with Gasteiger partial charge in [0.1, 0.15) is 12.2 Å². The molecule has 0 spiro atoms. The van der Waals surface area contributed by atoms with Gasteiger partial charge >= 0.3 is 7.82 Å². The zero-order valence-electron chi connectivity index (χ0n) is 15.9. The molecule has 10 nitrogen and oxygen atoms in total. The van der Waals surface area contributed by atoms with Gasteiger partial charge in [-0.05, 0) is 6.42 Å². The maximum Gasteiger partial charge on any atom is 0.472 e. The minimum absolute atomic E-state index is 0.164. The van der Waals surface area contributed by atoms with Gasteiger partial charge < -0.3 is 19.7 Å². The molecule has 0 aromatic carbocycles. The highest BCUT2D eigenvalue weighted by Crippen LogP contribution is 2.48. The summed E-state index contributed by atoms with van der Waals surface area (Å²) in [6.07, 6.45) is 1.92. The first-order valence-electron chi connectivity index (χ1n) is 8.64. The summed E-state index contributed by atoms with van der Waals surface area (Å²) in [4.78, 5) is 34.5. The van der Waals surface area contributed by atoms with E-state index in [0.717, 1.165) is 12.0 Å². The van der Waals surface area contributed by atoms with Crippen LogP contribution in [0, 0.1) is 5.92 Å². The van der Waals surface area contributed by atoms with Gasteiger partial charge in [-0.1, -0.05) is 12.2 Å². The largest absolute Gasteiger partial charge is 0.472 e. The summed E-state index contributed by atoms with van der Waals surface area (Å²) in [6, 6.07) is -0.303. The highest BCUT2D eigenvalue weighted by Gasteiger charge is 2.47. The monoisotopic (exact) mass is 436 g/mol. The van der Waals surface area contributed by atoms with Crippen LogP contribution in [0.25, 0.3) is 0 Å². The van der Waals surface area contributed by atoms with Crippen LogP contribution in [-0.2, 0) is 32.7 Å². The second-order valence-electron chi connectivity index (χ2n) is 6.46. The molecule has 0 aromatic heterocycles. The van der Waals surface area contributed by atoms with E-state index in [4.69, 9.17) is 26.2 Å². The number of ether oxygens (including phenoxy) is 2. The highest BCUT2D eigenvalue weighted by atomic mass is 32.1. The van der Waals surface area contributed by atoms with Gasteiger partial charge in [0.15, 0.2) is 0 Å². The average molecular weight is 436 g/mol. The molecule has 158 valence electrons. The minimum Gasteiger partial charge on any atom is -0.384 e. The Bertz CT molecular complexity index is 670. The second-order valence-corrected chi connectivity index (χ2v) is 8.46. The van der Waals surface area contributed by atoms with Crippen molar-refractivity contribution in [3.05, 3.63) is 12.2 Å². The molecule has 1 saturated carbocycles. The minimum atomic E-state index is -4.22. The van der Waals surface area contributed by atoms with E-state index in [1.54, 1.807) is 0 Å². The van der Waals surface area contributed by atoms with Gasteiger partial charge in [0.25, 0.3) is 11.8 Å². The standard InChI is InChI=1S/C16H25N2O8PS/c1-23-9-10-8-11(16(24-2)15(10)26-27(21,22)25-3)17-12(28)6-7-18-13(19)4-5-14(18)20/h4-5,10-11,15-16H,6-9H2,1-3H3,(H,17,28)(H,21,22)/t10-,11-,15?,16-/m1/s1. The van der Waals surface area contributed by atoms with Crippen molar-refractivity contribution in [3.8, 4) is 0 Å². The summed E-state index contributed by atoms with van der Waals surface area (Å²) in [5.74, 6) is -0.956. The van der Waals surface area contributed by atoms with Gasteiger partial charge in [-0.2, -0.15) is 0 Å². The normalized spacial score (nSPS) is 29.4. The molecule has 0 aromatic rings. The number of hydrogen-bond donors (Lipinski definition) is 2. The summed E-state index contributed by atoms with van der Waals surface area (Å²) in [5.41, 5.74) is 0. The number of thiocarbonyl (C=S) groups is 1. The number of amides is 2. The maximum absolute atomic E-state index is 11.9. The van der Waals surface area contributed by atoms with Crippen LogP contribution in [0.2, 0.25) is 0 Å². The summed E-state index contributed by atoms with van der Waals surface area (Å²) >= 11 is 5.34. The van der Waals surface area contributed by atoms with E-state index in [1.165, 1.54) is 26.4 Å². The molecule has 1 aliphatic heterocycles. The van der Waals surface area contributed by atoms with Gasteiger partial charge in [-0.25, -0.2) is 4.57 Å². The van der Waals surface area contributed by atoms with Crippen molar-refractivity contribution < 1.29 is 37.6 Å². The SMILES string of the molecule is COC[C@H]1C[C@@H](NC(=S)CCN2C(=O)C=CC2=O)[C@@H](OC)C1OP(=O)(O)OC. The molecular weight excluding hydrogens is 411 g/mol. The molecule has 2 amide bonds. The van der Waals surface area contributed by atoms with Crippen molar-refractivity contribution in [2.45, 2.75) is 31.1 Å². The lowest BCUT2D eigenvalue weighted by Gasteiger charge is -2.27. The Morgan fingerprint density at radius 1 is 1.29 bits per heavy atom. The van der Waals surface area contributed by atoms with E-state index in [0.29, 0.717) is 24.4 Å². The van der Waals surface area contributed by atoms with Crippen LogP contribution in [0.15, 0.2) is 12.2 Å². The van der Waals surface area contributed by atoms with E-state index in [-0.39, 0.29) is 30.3 Å². The fourth-order valence-corrected chi connectivity index (χ4v) is 4.32. The van der Waals surface area contributed by atoms with Crippen molar-refractivity contribution >= 4 is 36.8 Å². The highest BCUT2D eigenvalue weighted by molar-refractivity contribution is 7.80. The summed E-state index contributed by atoms with van der Waals surface area (Å²) in [7, 11) is -0.140. The van der Waals surface area contributed by atoms with Crippen LogP contribution in [0.5, 0.6) is 0 Å². The number of hydrogen-bond acceptors (Lipinski definition) is 8. The second kappa shape index (κ2) is 10.0. The summed E-state index contributed by atoms with van der Waals surface area (Å²) in [6.45, 7) is 0.458. The third-order valence-electron chi connectivity index (χ3n) is 4.69. The molecule has 2 rings (SSSR count). The Balaban J connectivity index is 1.99. The number of phosphoric ester groups is 1. The van der Waals surface area contributed by atoms with Crippen LogP contribution in [0.1, 0.15) is 12.8 Å². The molecule has 2 N–H and O–H groups in total. The number of carbonyl (C=O) groups excluding carboxylic acids is 2. The van der Waals surface area contributed by atoms with E-state index >= 15 is 0 Å². The zero-order chi connectivity index (χ0) is 20.9. The van der Waals surface area contributed by atoms with Crippen LogP contribution in [0.3, 0.4) is 0 Å². The van der Waals surface area contributed by atoms with Gasteiger partial charge in [-0.15, -0.1) is 0 Å². The summed E-state index contributed by atoms with van der Waals surface area (Å²) < 4.78 is 32.4. The number of methoxy groups -OCH3 is 2. The third-order valence-corrected chi connectivity index (χ3v) is 5.98. The molecule has 0 saturated heterocycles. The fourth-order valence-electron chi connectivity index (χ4n) is 3.39. The van der Waals surface area contributed by atoms with E-state index in [2.05, 4.69) is 9.84 Å². The predicted molar refractivity (Wildman–Crippen MR) is 102 cm³/mol. The van der Waals surface area contributed by atoms with Crippen LogP contribution in [-0.4, -0.2) is 79.3 Å². The number of phosphoric acid groups is 1. The molecule has 1 aliphatic carbocycles. The van der Waals surface area contributed by atoms with Gasteiger partial charge in [0, 0.05) is 52.4 Å². The maximum atomic E-state index is 11.9. The molecule has 5 atom stereocenters. The number of imide groups is 1. The topological polar surface area (TPSA) is 124 Å². The molecule has 2 unspecified atom stereocenters. The molecule has 1 fully saturated rings. The lowest BCUT2D eigenvalue weighted by molar-refractivity contribution is -0.136. The van der Waals surface area contributed by atoms with Gasteiger partial charge in [0.05, 0.1) is 17.6 Å². The van der Waals surface area contributed by atoms with Crippen LogP contribution in [0.4, 0.5) is 0 Å². The average Bonchev–Trinajstić information content (AvgIpc) is 3.12. The molecule has 0 bridgehead atoms. The summed E-state index contributed by atoms with van der Waals surface area (Å²) in [5, 5.41) is 3.14. The number of rotatable bonds is 10. The molecule has 28 heavy (non-hydrogen) atoms. The molecule has 0 radical (unpaired) electrons. The molecular formula is C16H25N2O8PS. The Kier molecular flexibility index (Phi) is 8.26. The number of nitrogens with zero attached hydrogens (tertiary/aromatic N) is 1. The van der Waals surface area contributed by atoms with Crippen molar-refractivity contribution in [3.63, 3.8) is 0 Å². The number of carbonyl (C=O) groups is 2. The Morgan fingerprint density at radius 3 is 2.46 bits per heavy atom. The van der Waals surface area contributed by atoms with Crippen molar-refractivity contribution in [1.82, 2.24) is 10.2 Å². The van der Waals surface area contributed by atoms with Crippen molar-refractivity contribution in [2.24, 2.45) is 5.92 Å². The number of nitrogens with one attached hydrogen (secondary N) is 1. The first kappa shape index (κ1) is 23.1. The van der Waals surface area contributed by atoms with E-state index in [1.807, 2.05) is 0 Å². The lowest BCUT2D eigenvalue weighted by atomic mass is 10.1. The molecule has 2 aliphatic rings. The third kappa shape index (κ3) is 5.66. The van der Waals surface area contributed by atoms with E-state index < -0.39 is 20.0 Å². The van der Waals surface area contributed by atoms with Crippen molar-refractivity contribution in [1.29, 1.82) is 0 Å². The van der Waals surface area contributed by atoms with Crippen LogP contribution < -0.4 is 5.32 Å². The first-order valence-corrected chi connectivity index (χ1v) is 10.5. The Morgan fingerprint density at radius 2 is 1.93 bits per heavy atom. The molecule has 1 heterocycles. The fraction of sp³-hybridized carbons (Fsp3) is 0.688. The van der Waals surface area contributed by atoms with Crippen molar-refractivity contribution in [2.75, 3.05) is 34.5 Å². The molecule has 12 heteroatoms. The lowest BCUT2D eigenvalue weighted by Crippen LogP contribution is -2.45. The quantitative estimate of drug-likeness (QED) is 0.283. The van der Waals surface area contributed by atoms with Gasteiger partial charge in [0.2, 0.25) is 0 Å². The predicted octanol–water partition coefficient (Wildman–Crippen LogP) is 0.400. The smallest absolute Gasteiger partial charge is 0.384 e. The van der Waals surface area contributed by atoms with Crippen LogP contribution >= 0.6 is 20.0 Å².